The Morgan fingerprint density at radius 1 is 0.517 bits per heavy atom. The lowest BCUT2D eigenvalue weighted by Crippen LogP contribution is -2.28. The minimum absolute atomic E-state index is 0.982. The minimum atomic E-state index is 0.982. The summed E-state index contributed by atoms with van der Waals surface area (Å²) in [4.78, 5) is 4.84. The fourth-order valence-corrected chi connectivity index (χ4v) is 4.36. The van der Waals surface area contributed by atoms with Gasteiger partial charge in [-0.3, -0.25) is 0 Å². The molecule has 0 atom stereocenters. The molecule has 0 spiro atoms. The van der Waals surface area contributed by atoms with Crippen LogP contribution in [0.1, 0.15) is 11.1 Å². The van der Waals surface area contributed by atoms with Gasteiger partial charge in [0.05, 0.1) is 6.67 Å². The highest BCUT2D eigenvalue weighted by Gasteiger charge is 2.13. The number of nitrogens with zero attached hydrogens (tertiary/aromatic N) is 2. The molecule has 0 aliphatic carbocycles. The second kappa shape index (κ2) is 8.00. The van der Waals surface area contributed by atoms with Crippen molar-refractivity contribution in [2.24, 2.45) is 0 Å². The predicted molar refractivity (Wildman–Crippen MR) is 123 cm³/mol. The van der Waals surface area contributed by atoms with Gasteiger partial charge < -0.3 is 9.80 Å². The van der Waals surface area contributed by atoms with E-state index in [2.05, 4.69) is 107 Å². The maximum Gasteiger partial charge on any atom is 0.0893 e. The topological polar surface area (TPSA) is 6.48 Å². The van der Waals surface area contributed by atoms with Crippen LogP contribution in [0.3, 0.4) is 0 Å². The second-order valence-electron chi connectivity index (χ2n) is 7.84. The number of benzene rings is 4. The summed E-state index contributed by atoms with van der Waals surface area (Å²) >= 11 is 0. The molecule has 1 aliphatic rings. The molecule has 0 saturated heterocycles. The Morgan fingerprint density at radius 2 is 0.966 bits per heavy atom. The lowest BCUT2D eigenvalue weighted by atomic mass is 10.0. The molecule has 0 amide bonds. The van der Waals surface area contributed by atoms with Gasteiger partial charge in [-0.05, 0) is 45.5 Å². The SMILES string of the molecule is C1=CN(CCc2cccc3ccccc23)CN1CCc1cccc2ccccc12. The summed E-state index contributed by atoms with van der Waals surface area (Å²) in [7, 11) is 0. The molecule has 144 valence electrons. The molecule has 0 radical (unpaired) electrons. The highest BCUT2D eigenvalue weighted by Crippen LogP contribution is 2.21. The Hall–Kier alpha value is -3.26. The van der Waals surface area contributed by atoms with Crippen molar-refractivity contribution in [1.29, 1.82) is 0 Å². The molecule has 0 bridgehead atoms. The molecule has 5 rings (SSSR count). The van der Waals surface area contributed by atoms with E-state index in [-0.39, 0.29) is 0 Å². The summed E-state index contributed by atoms with van der Waals surface area (Å²) in [5.41, 5.74) is 2.87. The van der Waals surface area contributed by atoms with Gasteiger partial charge in [-0.2, -0.15) is 0 Å². The zero-order valence-electron chi connectivity index (χ0n) is 16.7. The molecule has 4 aromatic rings. The summed E-state index contributed by atoms with van der Waals surface area (Å²) in [6.07, 6.45) is 6.63. The number of rotatable bonds is 6. The molecule has 0 saturated carbocycles. The van der Waals surface area contributed by atoms with Crippen molar-refractivity contribution in [2.75, 3.05) is 19.8 Å². The molecule has 1 aliphatic heterocycles. The summed E-state index contributed by atoms with van der Waals surface area (Å²) in [6, 6.07) is 30.6. The first-order chi connectivity index (χ1) is 14.4. The van der Waals surface area contributed by atoms with E-state index in [4.69, 9.17) is 0 Å². The summed E-state index contributed by atoms with van der Waals surface area (Å²) in [5.74, 6) is 0. The Balaban J connectivity index is 1.18. The predicted octanol–water partition coefficient (Wildman–Crippen LogP) is 5.82. The summed E-state index contributed by atoms with van der Waals surface area (Å²) in [5, 5.41) is 5.43. The van der Waals surface area contributed by atoms with E-state index in [0.29, 0.717) is 0 Å². The highest BCUT2D eigenvalue weighted by atomic mass is 15.3. The van der Waals surface area contributed by atoms with Crippen molar-refractivity contribution in [1.82, 2.24) is 9.80 Å². The molecular formula is C27H26N2. The van der Waals surface area contributed by atoms with Gasteiger partial charge in [0.1, 0.15) is 0 Å². The van der Waals surface area contributed by atoms with Gasteiger partial charge in [0.25, 0.3) is 0 Å². The van der Waals surface area contributed by atoms with Crippen LogP contribution in [0.2, 0.25) is 0 Å². The Bertz CT molecular complexity index is 1060. The lowest BCUT2D eigenvalue weighted by molar-refractivity contribution is 0.269. The zero-order chi connectivity index (χ0) is 19.5. The average molecular weight is 379 g/mol. The van der Waals surface area contributed by atoms with Crippen LogP contribution in [-0.4, -0.2) is 29.6 Å². The Morgan fingerprint density at radius 3 is 1.48 bits per heavy atom. The fourth-order valence-electron chi connectivity index (χ4n) is 4.36. The van der Waals surface area contributed by atoms with E-state index < -0.39 is 0 Å². The van der Waals surface area contributed by atoms with E-state index in [1.807, 2.05) is 0 Å². The van der Waals surface area contributed by atoms with Crippen molar-refractivity contribution >= 4 is 21.5 Å². The lowest BCUT2D eigenvalue weighted by Gasteiger charge is -2.22. The van der Waals surface area contributed by atoms with Gasteiger partial charge in [0, 0.05) is 25.5 Å². The van der Waals surface area contributed by atoms with Crippen LogP contribution in [0.4, 0.5) is 0 Å². The smallest absolute Gasteiger partial charge is 0.0893 e. The molecule has 1 heterocycles. The first kappa shape index (κ1) is 17.8. The third-order valence-corrected chi connectivity index (χ3v) is 5.95. The van der Waals surface area contributed by atoms with Gasteiger partial charge in [-0.25, -0.2) is 0 Å². The van der Waals surface area contributed by atoms with Gasteiger partial charge in [0.15, 0.2) is 0 Å². The van der Waals surface area contributed by atoms with E-state index in [1.54, 1.807) is 0 Å². The number of fused-ring (bicyclic) bond motifs is 2. The van der Waals surface area contributed by atoms with Crippen LogP contribution in [0.15, 0.2) is 97.3 Å². The van der Waals surface area contributed by atoms with Crippen molar-refractivity contribution in [3.05, 3.63) is 108 Å². The van der Waals surface area contributed by atoms with Crippen LogP contribution in [0.5, 0.6) is 0 Å². The van der Waals surface area contributed by atoms with Gasteiger partial charge in [0.2, 0.25) is 0 Å². The zero-order valence-corrected chi connectivity index (χ0v) is 16.7. The highest BCUT2D eigenvalue weighted by molar-refractivity contribution is 5.86. The molecule has 0 unspecified atom stereocenters. The average Bonchev–Trinajstić information content (AvgIpc) is 3.24. The minimum Gasteiger partial charge on any atom is -0.358 e. The van der Waals surface area contributed by atoms with Crippen LogP contribution in [-0.2, 0) is 12.8 Å². The number of hydrogen-bond acceptors (Lipinski definition) is 2. The number of hydrogen-bond donors (Lipinski definition) is 0. The monoisotopic (exact) mass is 378 g/mol. The quantitative estimate of drug-likeness (QED) is 0.417. The van der Waals surface area contributed by atoms with E-state index >= 15 is 0 Å². The first-order valence-electron chi connectivity index (χ1n) is 10.5. The standard InChI is InChI=1S/C27H26N2/c1-3-13-26-22(7-1)9-5-11-24(26)15-17-28-19-20-29(21-28)18-16-25-12-6-10-23-8-2-4-14-27(23)25/h1-14,19-20H,15-18,21H2. The fraction of sp³-hybridized carbons (Fsp3) is 0.185. The third kappa shape index (κ3) is 3.84. The maximum absolute atomic E-state index is 2.42. The Kier molecular flexibility index (Phi) is 4.92. The molecule has 2 heteroatoms. The molecule has 0 aromatic heterocycles. The van der Waals surface area contributed by atoms with E-state index in [9.17, 15) is 0 Å². The van der Waals surface area contributed by atoms with Gasteiger partial charge >= 0.3 is 0 Å². The normalized spacial score (nSPS) is 13.7. The molecule has 2 nitrogen and oxygen atoms in total. The molecule has 0 fully saturated rings. The first-order valence-corrected chi connectivity index (χ1v) is 10.5. The van der Waals surface area contributed by atoms with Crippen molar-refractivity contribution in [2.45, 2.75) is 12.8 Å². The van der Waals surface area contributed by atoms with Crippen molar-refractivity contribution < 1.29 is 0 Å². The van der Waals surface area contributed by atoms with Crippen molar-refractivity contribution in [3.8, 4) is 0 Å². The van der Waals surface area contributed by atoms with Crippen LogP contribution in [0, 0.1) is 0 Å². The molecule has 29 heavy (non-hydrogen) atoms. The van der Waals surface area contributed by atoms with Crippen LogP contribution < -0.4 is 0 Å². The van der Waals surface area contributed by atoms with Crippen molar-refractivity contribution in [3.63, 3.8) is 0 Å². The Labute approximate surface area is 172 Å². The van der Waals surface area contributed by atoms with E-state index in [0.717, 1.165) is 32.6 Å². The summed E-state index contributed by atoms with van der Waals surface area (Å²) < 4.78 is 0. The van der Waals surface area contributed by atoms with Crippen LogP contribution >= 0.6 is 0 Å². The maximum atomic E-state index is 2.42. The van der Waals surface area contributed by atoms with Gasteiger partial charge in [-0.1, -0.05) is 84.9 Å². The molecule has 4 aromatic carbocycles. The second-order valence-corrected chi connectivity index (χ2v) is 7.84. The third-order valence-electron chi connectivity index (χ3n) is 5.95. The largest absolute Gasteiger partial charge is 0.358 e. The summed E-state index contributed by atoms with van der Waals surface area (Å²) in [6.45, 7) is 3.08. The van der Waals surface area contributed by atoms with Crippen LogP contribution in [0.25, 0.3) is 21.5 Å². The van der Waals surface area contributed by atoms with E-state index in [1.165, 1.54) is 32.7 Å². The molecule has 0 N–H and O–H groups in total. The van der Waals surface area contributed by atoms with Gasteiger partial charge in [-0.15, -0.1) is 0 Å². The molecular weight excluding hydrogens is 352 g/mol.